The van der Waals surface area contributed by atoms with Crippen LogP contribution in [0.1, 0.15) is 41.9 Å². The molecule has 5 heteroatoms. The molecule has 1 atom stereocenters. The molecule has 1 saturated heterocycles. The molecule has 1 unspecified atom stereocenters. The number of rotatable bonds is 8. The van der Waals surface area contributed by atoms with E-state index >= 15 is 0 Å². The molecule has 5 nitrogen and oxygen atoms in total. The quantitative estimate of drug-likeness (QED) is 0.461. The van der Waals surface area contributed by atoms with E-state index in [1.54, 1.807) is 0 Å². The first-order valence-electron chi connectivity index (χ1n) is 13.2. The number of quaternary nitrogens is 1. The first-order valence-corrected chi connectivity index (χ1v) is 13.2. The smallest absolute Gasteiger partial charge is 0.227 e. The van der Waals surface area contributed by atoms with E-state index in [1.165, 1.54) is 5.56 Å². The minimum atomic E-state index is -0.537. The van der Waals surface area contributed by atoms with Gasteiger partial charge < -0.3 is 19.2 Å². The summed E-state index contributed by atoms with van der Waals surface area (Å²) in [6.45, 7) is 3.63. The van der Waals surface area contributed by atoms with E-state index in [-0.39, 0.29) is 12.5 Å². The molecule has 2 heterocycles. The van der Waals surface area contributed by atoms with Gasteiger partial charge in [0.05, 0.1) is 32.4 Å². The average Bonchev–Trinajstić information content (AvgIpc) is 2.90. The van der Waals surface area contributed by atoms with E-state index < -0.39 is 6.10 Å². The van der Waals surface area contributed by atoms with Crippen LogP contribution in [0.2, 0.25) is 0 Å². The van der Waals surface area contributed by atoms with E-state index in [9.17, 15) is 9.90 Å². The number of aliphatic hydroxyl groups is 1. The number of amides is 1. The van der Waals surface area contributed by atoms with Crippen molar-refractivity contribution in [1.82, 2.24) is 0 Å². The van der Waals surface area contributed by atoms with Gasteiger partial charge in [0.1, 0.15) is 25.0 Å². The molecule has 1 N–H and O–H groups in total. The molecule has 3 aromatic rings. The molecule has 36 heavy (non-hydrogen) atoms. The highest BCUT2D eigenvalue weighted by Crippen LogP contribution is 2.36. The second-order valence-corrected chi connectivity index (χ2v) is 10.6. The molecule has 0 radical (unpaired) electrons. The minimum absolute atomic E-state index is 0.139. The van der Waals surface area contributed by atoms with Crippen LogP contribution in [-0.4, -0.2) is 54.9 Å². The van der Waals surface area contributed by atoms with Gasteiger partial charge in [-0.3, -0.25) is 4.79 Å². The summed E-state index contributed by atoms with van der Waals surface area (Å²) in [5, 5.41) is 10.9. The van der Waals surface area contributed by atoms with E-state index in [1.807, 2.05) is 53.4 Å². The number of carbonyl (C=O) groups excluding carboxylic acids is 1. The highest BCUT2D eigenvalue weighted by Gasteiger charge is 2.33. The van der Waals surface area contributed by atoms with Crippen molar-refractivity contribution in [2.75, 3.05) is 38.2 Å². The molecule has 5 rings (SSSR count). The number of carbonyl (C=O) groups is 1. The first-order chi connectivity index (χ1) is 17.5. The lowest BCUT2D eigenvalue weighted by molar-refractivity contribution is -0.917. The molecule has 0 bridgehead atoms. The molecule has 1 fully saturated rings. The topological polar surface area (TPSA) is 49.8 Å². The van der Waals surface area contributed by atoms with Crippen molar-refractivity contribution in [2.45, 2.75) is 44.2 Å². The van der Waals surface area contributed by atoms with Gasteiger partial charge in [-0.1, -0.05) is 66.7 Å². The predicted octanol–water partition coefficient (Wildman–Crippen LogP) is 4.93. The number of hydrogen-bond donors (Lipinski definition) is 1. The maximum absolute atomic E-state index is 12.8. The van der Waals surface area contributed by atoms with Crippen molar-refractivity contribution in [3.63, 3.8) is 0 Å². The molecule has 2 aliphatic heterocycles. The Morgan fingerprint density at radius 3 is 2.36 bits per heavy atom. The normalized spacial score (nSPS) is 22.7. The van der Waals surface area contributed by atoms with Crippen molar-refractivity contribution in [3.8, 4) is 5.75 Å². The van der Waals surface area contributed by atoms with Gasteiger partial charge >= 0.3 is 0 Å². The zero-order valence-corrected chi connectivity index (χ0v) is 21.2. The third-order valence-electron chi connectivity index (χ3n) is 7.86. The summed E-state index contributed by atoms with van der Waals surface area (Å²) < 4.78 is 7.05. The zero-order chi connectivity index (χ0) is 25.0. The van der Waals surface area contributed by atoms with Gasteiger partial charge in [-0.05, 0) is 35.6 Å². The van der Waals surface area contributed by atoms with Crippen LogP contribution in [0.25, 0.3) is 0 Å². The van der Waals surface area contributed by atoms with Gasteiger partial charge in [-0.15, -0.1) is 0 Å². The number of likely N-dealkylation sites (N-methyl/N-ethyl adjacent to an activating group) is 1. The Morgan fingerprint density at radius 1 is 0.944 bits per heavy atom. The van der Waals surface area contributed by atoms with E-state index in [4.69, 9.17) is 4.74 Å². The van der Waals surface area contributed by atoms with Gasteiger partial charge in [-0.2, -0.15) is 0 Å². The van der Waals surface area contributed by atoms with Gasteiger partial charge in [0.25, 0.3) is 0 Å². The predicted molar refractivity (Wildman–Crippen MR) is 143 cm³/mol. The molecule has 0 aromatic heterocycles. The fourth-order valence-electron chi connectivity index (χ4n) is 5.81. The van der Waals surface area contributed by atoms with Crippen LogP contribution in [-0.2, 0) is 17.8 Å². The Kier molecular flexibility index (Phi) is 7.40. The molecule has 1 amide bonds. The van der Waals surface area contributed by atoms with Crippen molar-refractivity contribution in [2.24, 2.45) is 0 Å². The second kappa shape index (κ2) is 10.9. The van der Waals surface area contributed by atoms with Crippen LogP contribution in [0, 0.1) is 0 Å². The summed E-state index contributed by atoms with van der Waals surface area (Å²) >= 11 is 0. The summed E-state index contributed by atoms with van der Waals surface area (Å²) in [4.78, 5) is 14.6. The molecule has 0 aliphatic carbocycles. The Labute approximate surface area is 214 Å². The van der Waals surface area contributed by atoms with Crippen LogP contribution < -0.4 is 9.64 Å². The van der Waals surface area contributed by atoms with E-state index in [2.05, 4.69) is 37.4 Å². The molecule has 3 aromatic carbocycles. The number of likely N-dealkylation sites (tertiary alicyclic amines) is 1. The van der Waals surface area contributed by atoms with Crippen molar-refractivity contribution >= 4 is 11.6 Å². The Bertz CT molecular complexity index is 1160. The van der Waals surface area contributed by atoms with Crippen LogP contribution in [0.3, 0.4) is 0 Å². The van der Waals surface area contributed by atoms with Crippen molar-refractivity contribution < 1.29 is 19.1 Å². The number of hydrogen-bond acceptors (Lipinski definition) is 3. The summed E-state index contributed by atoms with van der Waals surface area (Å²) in [7, 11) is 2.25. The standard InChI is InChI=1S/C31H37N2O3/c1-33(19-17-26(18-20-33)25-11-6-3-7-12-25)22-27(34)23-36-30-14-8-13-29-28(30)15-16-31(35)32(29)21-24-9-4-2-5-10-24/h2-14,26-27,34H,15-23H2,1H3/q+1. The fourth-order valence-corrected chi connectivity index (χ4v) is 5.81. The third kappa shape index (κ3) is 5.63. The Hall–Kier alpha value is -3.15. The summed E-state index contributed by atoms with van der Waals surface area (Å²) in [5.74, 6) is 1.53. The first kappa shape index (κ1) is 24.5. The molecule has 188 valence electrons. The molecule has 0 saturated carbocycles. The molecular weight excluding hydrogens is 448 g/mol. The van der Waals surface area contributed by atoms with Gasteiger partial charge in [-0.25, -0.2) is 0 Å². The lowest BCUT2D eigenvalue weighted by Crippen LogP contribution is -2.54. The highest BCUT2D eigenvalue weighted by atomic mass is 16.5. The maximum Gasteiger partial charge on any atom is 0.227 e. The number of fused-ring (bicyclic) bond motifs is 1. The monoisotopic (exact) mass is 485 g/mol. The minimum Gasteiger partial charge on any atom is -0.490 e. The van der Waals surface area contributed by atoms with E-state index in [0.29, 0.717) is 31.8 Å². The highest BCUT2D eigenvalue weighted by molar-refractivity contribution is 5.96. The average molecular weight is 486 g/mol. The van der Waals surface area contributed by atoms with Crippen LogP contribution in [0.4, 0.5) is 5.69 Å². The largest absolute Gasteiger partial charge is 0.490 e. The van der Waals surface area contributed by atoms with E-state index in [0.717, 1.165) is 53.0 Å². The number of benzene rings is 3. The summed E-state index contributed by atoms with van der Waals surface area (Å²) in [6.07, 6.45) is 2.89. The molecular formula is C31H37N2O3+. The Balaban J connectivity index is 1.19. The fraction of sp³-hybridized carbons (Fsp3) is 0.387. The SMILES string of the molecule is C[N+]1(CC(O)COc2cccc3c2CCC(=O)N3Cc2ccccc2)CCC(c2ccccc2)CC1. The second-order valence-electron chi connectivity index (χ2n) is 10.6. The Morgan fingerprint density at radius 2 is 1.64 bits per heavy atom. The van der Waals surface area contributed by atoms with Gasteiger partial charge in [0, 0.05) is 24.8 Å². The number of nitrogens with zero attached hydrogens (tertiary/aromatic N) is 2. The number of aliphatic hydroxyl groups excluding tert-OH is 1. The summed E-state index contributed by atoms with van der Waals surface area (Å²) in [6, 6.07) is 26.8. The third-order valence-corrected chi connectivity index (χ3v) is 7.86. The summed E-state index contributed by atoms with van der Waals surface area (Å²) in [5.41, 5.74) is 4.52. The zero-order valence-electron chi connectivity index (χ0n) is 21.2. The number of anilines is 1. The molecule has 0 spiro atoms. The van der Waals surface area contributed by atoms with Gasteiger partial charge in [0.15, 0.2) is 0 Å². The van der Waals surface area contributed by atoms with Crippen LogP contribution in [0.5, 0.6) is 5.75 Å². The van der Waals surface area contributed by atoms with Crippen molar-refractivity contribution in [3.05, 3.63) is 95.6 Å². The van der Waals surface area contributed by atoms with Crippen LogP contribution in [0.15, 0.2) is 78.9 Å². The van der Waals surface area contributed by atoms with Gasteiger partial charge in [0.2, 0.25) is 5.91 Å². The maximum atomic E-state index is 12.8. The molecule has 2 aliphatic rings. The van der Waals surface area contributed by atoms with Crippen LogP contribution >= 0.6 is 0 Å². The van der Waals surface area contributed by atoms with Crippen molar-refractivity contribution in [1.29, 1.82) is 0 Å². The number of ether oxygens (including phenoxy) is 1. The number of piperidine rings is 1. The lowest BCUT2D eigenvalue weighted by atomic mass is 9.88. The lowest BCUT2D eigenvalue weighted by Gasteiger charge is -2.41.